The second-order valence-corrected chi connectivity index (χ2v) is 6.69. The quantitative estimate of drug-likeness (QED) is 0.648. The molecule has 7 heteroatoms. The number of halogens is 2. The average molecular weight is 372 g/mol. The van der Waals surface area contributed by atoms with Crippen LogP contribution in [0.25, 0.3) is 11.3 Å². The Morgan fingerprint density at radius 1 is 1.00 bits per heavy atom. The average Bonchev–Trinajstić information content (AvgIpc) is 3.43. The lowest BCUT2D eigenvalue weighted by atomic mass is 10.2. The van der Waals surface area contributed by atoms with Crippen LogP contribution in [-0.2, 0) is 0 Å². The van der Waals surface area contributed by atoms with Gasteiger partial charge in [-0.25, -0.2) is 4.98 Å². The Morgan fingerprint density at radius 3 is 2.60 bits per heavy atom. The Hall–Kier alpha value is -2.37. The van der Waals surface area contributed by atoms with E-state index in [0.29, 0.717) is 27.9 Å². The van der Waals surface area contributed by atoms with E-state index in [1.54, 1.807) is 24.5 Å². The van der Waals surface area contributed by atoms with Crippen LogP contribution in [0, 0.1) is 0 Å². The van der Waals surface area contributed by atoms with Crippen LogP contribution in [-0.4, -0.2) is 21.0 Å². The number of hydrogen-bond acceptors (Lipinski definition) is 5. The normalized spacial score (nSPS) is 13.5. The minimum atomic E-state index is 0.460. The van der Waals surface area contributed by atoms with E-state index in [1.165, 1.54) is 0 Å². The third kappa shape index (κ3) is 4.00. The van der Waals surface area contributed by atoms with Crippen LogP contribution in [0.1, 0.15) is 12.8 Å². The molecule has 3 aromatic rings. The van der Waals surface area contributed by atoms with Gasteiger partial charge < -0.3 is 10.6 Å². The number of pyridine rings is 1. The van der Waals surface area contributed by atoms with E-state index in [0.717, 1.165) is 29.8 Å². The molecule has 5 nitrogen and oxygen atoms in total. The third-order valence-corrected chi connectivity index (χ3v) is 4.53. The predicted octanol–water partition coefficient (Wildman–Crippen LogP) is 5.16. The Morgan fingerprint density at radius 2 is 1.88 bits per heavy atom. The smallest absolute Gasteiger partial charge is 0.225 e. The molecule has 2 N–H and O–H groups in total. The van der Waals surface area contributed by atoms with Gasteiger partial charge in [-0.2, -0.15) is 4.98 Å². The minimum Gasteiger partial charge on any atom is -0.351 e. The highest BCUT2D eigenvalue weighted by Gasteiger charge is 2.22. The van der Waals surface area contributed by atoms with Crippen LogP contribution < -0.4 is 10.6 Å². The van der Waals surface area contributed by atoms with Crippen LogP contribution >= 0.6 is 23.2 Å². The summed E-state index contributed by atoms with van der Waals surface area (Å²) in [6.45, 7) is 0. The van der Waals surface area contributed by atoms with Crippen LogP contribution in [0.3, 0.4) is 0 Å². The lowest BCUT2D eigenvalue weighted by Crippen LogP contribution is -2.07. The van der Waals surface area contributed by atoms with Crippen LogP contribution in [0.4, 0.5) is 17.5 Å². The summed E-state index contributed by atoms with van der Waals surface area (Å²) in [5.74, 6) is 1.28. The highest BCUT2D eigenvalue weighted by Crippen LogP contribution is 2.29. The van der Waals surface area contributed by atoms with Gasteiger partial charge in [0.05, 0.1) is 15.7 Å². The summed E-state index contributed by atoms with van der Waals surface area (Å²) in [7, 11) is 0. The molecule has 0 spiro atoms. The number of benzene rings is 1. The van der Waals surface area contributed by atoms with Crippen molar-refractivity contribution in [1.29, 1.82) is 0 Å². The minimum absolute atomic E-state index is 0.460. The molecule has 0 amide bonds. The van der Waals surface area contributed by atoms with Crippen molar-refractivity contribution in [1.82, 2.24) is 15.0 Å². The first-order valence-electron chi connectivity index (χ1n) is 7.95. The van der Waals surface area contributed by atoms with Gasteiger partial charge in [0.1, 0.15) is 5.82 Å². The third-order valence-electron chi connectivity index (χ3n) is 3.79. The van der Waals surface area contributed by atoms with E-state index in [9.17, 15) is 0 Å². The molecular formula is C18H15Cl2N5. The largest absolute Gasteiger partial charge is 0.351 e. The lowest BCUT2D eigenvalue weighted by Gasteiger charge is -2.11. The molecule has 0 radical (unpaired) electrons. The first kappa shape index (κ1) is 16.1. The molecule has 0 bridgehead atoms. The molecule has 0 saturated heterocycles. The van der Waals surface area contributed by atoms with E-state index in [-0.39, 0.29) is 0 Å². The fourth-order valence-electron chi connectivity index (χ4n) is 2.37. The van der Waals surface area contributed by atoms with Crippen molar-refractivity contribution in [2.24, 2.45) is 0 Å². The summed E-state index contributed by atoms with van der Waals surface area (Å²) in [4.78, 5) is 13.3. The molecule has 4 rings (SSSR count). The molecule has 1 aliphatic carbocycles. The zero-order valence-corrected chi connectivity index (χ0v) is 14.7. The molecule has 1 aliphatic rings. The number of hydrogen-bond donors (Lipinski definition) is 2. The number of aromatic nitrogens is 3. The molecule has 0 unspecified atom stereocenters. The molecule has 0 atom stereocenters. The fourth-order valence-corrected chi connectivity index (χ4v) is 2.67. The summed E-state index contributed by atoms with van der Waals surface area (Å²) in [6, 6.07) is 11.6. The van der Waals surface area contributed by atoms with Gasteiger partial charge in [-0.1, -0.05) is 23.2 Å². The van der Waals surface area contributed by atoms with Gasteiger partial charge in [0.25, 0.3) is 0 Å². The Labute approximate surface area is 155 Å². The van der Waals surface area contributed by atoms with Crippen molar-refractivity contribution in [3.05, 3.63) is 58.8 Å². The number of anilines is 3. The van der Waals surface area contributed by atoms with Crippen molar-refractivity contribution < 1.29 is 0 Å². The highest BCUT2D eigenvalue weighted by molar-refractivity contribution is 6.42. The summed E-state index contributed by atoms with van der Waals surface area (Å²) >= 11 is 12.1. The van der Waals surface area contributed by atoms with Crippen molar-refractivity contribution in [3.63, 3.8) is 0 Å². The molecule has 2 heterocycles. The predicted molar refractivity (Wildman–Crippen MR) is 102 cm³/mol. The van der Waals surface area contributed by atoms with E-state index in [1.807, 2.05) is 24.3 Å². The topological polar surface area (TPSA) is 62.7 Å². The van der Waals surface area contributed by atoms with Crippen molar-refractivity contribution in [2.45, 2.75) is 18.9 Å². The molecule has 1 saturated carbocycles. The van der Waals surface area contributed by atoms with Crippen LogP contribution in [0.2, 0.25) is 10.0 Å². The van der Waals surface area contributed by atoms with Gasteiger partial charge in [0, 0.05) is 35.8 Å². The monoisotopic (exact) mass is 371 g/mol. The maximum Gasteiger partial charge on any atom is 0.225 e. The molecule has 2 aromatic heterocycles. The van der Waals surface area contributed by atoms with Gasteiger partial charge in [-0.3, -0.25) is 4.98 Å². The van der Waals surface area contributed by atoms with Gasteiger partial charge in [-0.15, -0.1) is 0 Å². The van der Waals surface area contributed by atoms with E-state index < -0.39 is 0 Å². The number of nitrogens with one attached hydrogen (secondary N) is 2. The standard InChI is InChI=1S/C18H15Cl2N5/c19-14-6-5-13(8-15(14)20)22-17-9-16(11-2-1-7-21-10-11)24-18(25-17)23-12-3-4-12/h1-2,5-10,12H,3-4H2,(H2,22,23,24,25). The van der Waals surface area contributed by atoms with Crippen LogP contribution in [0.15, 0.2) is 48.8 Å². The highest BCUT2D eigenvalue weighted by atomic mass is 35.5. The molecular weight excluding hydrogens is 357 g/mol. The lowest BCUT2D eigenvalue weighted by molar-refractivity contribution is 1.06. The van der Waals surface area contributed by atoms with Crippen molar-refractivity contribution in [2.75, 3.05) is 10.6 Å². The number of nitrogens with zero attached hydrogens (tertiary/aromatic N) is 3. The molecule has 1 aromatic carbocycles. The molecule has 25 heavy (non-hydrogen) atoms. The van der Waals surface area contributed by atoms with Gasteiger partial charge >= 0.3 is 0 Å². The summed E-state index contributed by atoms with van der Waals surface area (Å²) < 4.78 is 0. The molecule has 0 aliphatic heterocycles. The maximum absolute atomic E-state index is 6.09. The van der Waals surface area contributed by atoms with E-state index in [4.69, 9.17) is 23.2 Å². The fraction of sp³-hybridized carbons (Fsp3) is 0.167. The van der Waals surface area contributed by atoms with Crippen LogP contribution in [0.5, 0.6) is 0 Å². The SMILES string of the molecule is Clc1ccc(Nc2cc(-c3cccnc3)nc(NC3CC3)n2)cc1Cl. The maximum atomic E-state index is 6.09. The van der Waals surface area contributed by atoms with Crippen molar-refractivity contribution >= 4 is 40.7 Å². The van der Waals surface area contributed by atoms with E-state index in [2.05, 4.69) is 25.6 Å². The molecule has 1 fully saturated rings. The number of rotatable bonds is 5. The van der Waals surface area contributed by atoms with Gasteiger partial charge in [0.2, 0.25) is 5.95 Å². The van der Waals surface area contributed by atoms with Crippen molar-refractivity contribution in [3.8, 4) is 11.3 Å². The Bertz CT molecular complexity index is 897. The zero-order chi connectivity index (χ0) is 17.2. The Kier molecular flexibility index (Phi) is 4.42. The first-order chi connectivity index (χ1) is 12.2. The summed E-state index contributed by atoms with van der Waals surface area (Å²) in [5, 5.41) is 7.61. The second-order valence-electron chi connectivity index (χ2n) is 5.88. The van der Waals surface area contributed by atoms with E-state index >= 15 is 0 Å². The summed E-state index contributed by atoms with van der Waals surface area (Å²) in [6.07, 6.45) is 5.82. The molecule has 126 valence electrons. The van der Waals surface area contributed by atoms with Gasteiger partial charge in [-0.05, 0) is 43.2 Å². The second kappa shape index (κ2) is 6.86. The summed E-state index contributed by atoms with van der Waals surface area (Å²) in [5.41, 5.74) is 2.54. The zero-order valence-electron chi connectivity index (χ0n) is 13.2. The van der Waals surface area contributed by atoms with Gasteiger partial charge in [0.15, 0.2) is 0 Å². The Balaban J connectivity index is 1.68. The first-order valence-corrected chi connectivity index (χ1v) is 8.71.